The molecule has 1 fully saturated rings. The van der Waals surface area contributed by atoms with Crippen LogP contribution in [0.25, 0.3) is 0 Å². The smallest absolute Gasteiger partial charge is 0.0925 e. The van der Waals surface area contributed by atoms with E-state index in [1.54, 1.807) is 6.33 Å². The Kier molecular flexibility index (Phi) is 2.90. The molecular weight excluding hydrogens is 204 g/mol. The van der Waals surface area contributed by atoms with Gasteiger partial charge in [-0.2, -0.15) is 0 Å². The lowest BCUT2D eigenvalue weighted by Crippen LogP contribution is -2.48. The summed E-state index contributed by atoms with van der Waals surface area (Å²) in [4.78, 5) is 10.0. The van der Waals surface area contributed by atoms with Gasteiger partial charge in [-0.3, -0.25) is 4.90 Å². The minimum Gasteiger partial charge on any atom is -0.379 e. The van der Waals surface area contributed by atoms with Crippen LogP contribution in [0.1, 0.15) is 11.4 Å². The Bertz CT molecular complexity index is 346. The first-order chi connectivity index (χ1) is 7.92. The molecule has 88 valence electrons. The van der Waals surface area contributed by atoms with Gasteiger partial charge >= 0.3 is 0 Å². The van der Waals surface area contributed by atoms with Crippen molar-refractivity contribution in [3.05, 3.63) is 17.7 Å². The van der Waals surface area contributed by atoms with Crippen molar-refractivity contribution in [2.45, 2.75) is 19.0 Å². The maximum absolute atomic E-state index is 5.35. The van der Waals surface area contributed by atoms with Crippen LogP contribution < -0.4 is 5.32 Å². The van der Waals surface area contributed by atoms with E-state index in [0.29, 0.717) is 6.04 Å². The summed E-state index contributed by atoms with van der Waals surface area (Å²) in [6, 6.07) is 0.536. The normalized spacial score (nSPS) is 26.6. The molecule has 0 amide bonds. The fourth-order valence-corrected chi connectivity index (χ4v) is 2.45. The van der Waals surface area contributed by atoms with Gasteiger partial charge in [-0.1, -0.05) is 0 Å². The summed E-state index contributed by atoms with van der Waals surface area (Å²) in [5.41, 5.74) is 2.48. The number of hydrogen-bond donors (Lipinski definition) is 2. The van der Waals surface area contributed by atoms with Crippen molar-refractivity contribution in [2.75, 3.05) is 32.8 Å². The second-order valence-corrected chi connectivity index (χ2v) is 4.52. The van der Waals surface area contributed by atoms with Gasteiger partial charge in [0, 0.05) is 38.6 Å². The number of hydrogen-bond acceptors (Lipinski definition) is 4. The van der Waals surface area contributed by atoms with Crippen molar-refractivity contribution in [1.29, 1.82) is 0 Å². The topological polar surface area (TPSA) is 53.2 Å². The summed E-state index contributed by atoms with van der Waals surface area (Å²) >= 11 is 0. The molecule has 3 rings (SSSR count). The highest BCUT2D eigenvalue weighted by atomic mass is 16.5. The Labute approximate surface area is 95.2 Å². The number of ether oxygens (including phenoxy) is 1. The summed E-state index contributed by atoms with van der Waals surface area (Å²) in [5, 5.41) is 3.55. The largest absolute Gasteiger partial charge is 0.379 e. The van der Waals surface area contributed by atoms with Crippen molar-refractivity contribution in [2.24, 2.45) is 0 Å². The molecule has 2 N–H and O–H groups in total. The average Bonchev–Trinajstić information content (AvgIpc) is 2.77. The van der Waals surface area contributed by atoms with Gasteiger partial charge < -0.3 is 15.0 Å². The molecule has 0 bridgehead atoms. The molecule has 5 nitrogen and oxygen atoms in total. The molecule has 1 aromatic heterocycles. The SMILES string of the molecule is c1nc2c([nH]1)CNC(CN1CCOCC1)C2. The number of aromatic amines is 1. The number of imidazole rings is 1. The lowest BCUT2D eigenvalue weighted by molar-refractivity contribution is 0.0330. The van der Waals surface area contributed by atoms with Crippen molar-refractivity contribution < 1.29 is 4.74 Å². The minimum atomic E-state index is 0.536. The number of morpholine rings is 1. The van der Waals surface area contributed by atoms with E-state index in [2.05, 4.69) is 20.2 Å². The maximum Gasteiger partial charge on any atom is 0.0925 e. The number of aromatic nitrogens is 2. The van der Waals surface area contributed by atoms with Gasteiger partial charge in [-0.05, 0) is 0 Å². The van der Waals surface area contributed by atoms with Crippen LogP contribution in [0.4, 0.5) is 0 Å². The monoisotopic (exact) mass is 222 g/mol. The molecule has 0 radical (unpaired) electrons. The Morgan fingerprint density at radius 1 is 1.44 bits per heavy atom. The molecule has 0 saturated carbocycles. The number of H-pyrrole nitrogens is 1. The Hall–Kier alpha value is -0.910. The predicted molar refractivity (Wildman–Crippen MR) is 60.2 cm³/mol. The molecule has 1 unspecified atom stereocenters. The maximum atomic E-state index is 5.35. The molecule has 1 saturated heterocycles. The summed E-state index contributed by atoms with van der Waals surface area (Å²) < 4.78 is 5.35. The highest BCUT2D eigenvalue weighted by molar-refractivity contribution is 5.15. The van der Waals surface area contributed by atoms with Crippen LogP contribution in [0.15, 0.2) is 6.33 Å². The van der Waals surface area contributed by atoms with Crippen molar-refractivity contribution in [3.8, 4) is 0 Å². The zero-order valence-corrected chi connectivity index (χ0v) is 9.41. The molecule has 0 aliphatic carbocycles. The summed E-state index contributed by atoms with van der Waals surface area (Å²) in [6.45, 7) is 5.90. The van der Waals surface area contributed by atoms with Gasteiger partial charge in [0.15, 0.2) is 0 Å². The summed E-state index contributed by atoms with van der Waals surface area (Å²) in [7, 11) is 0. The van der Waals surface area contributed by atoms with Crippen LogP contribution in [0.3, 0.4) is 0 Å². The van der Waals surface area contributed by atoms with E-state index in [0.717, 1.165) is 45.8 Å². The van der Waals surface area contributed by atoms with Crippen LogP contribution in [-0.2, 0) is 17.7 Å². The third kappa shape index (κ3) is 2.11. The molecule has 2 aliphatic rings. The van der Waals surface area contributed by atoms with Crippen LogP contribution in [0.2, 0.25) is 0 Å². The first-order valence-electron chi connectivity index (χ1n) is 5.96. The van der Waals surface area contributed by atoms with Gasteiger partial charge in [0.2, 0.25) is 0 Å². The van der Waals surface area contributed by atoms with E-state index in [1.165, 1.54) is 11.4 Å². The Morgan fingerprint density at radius 3 is 3.19 bits per heavy atom. The standard InChI is InChI=1S/C11H18N4O/c1-3-16-4-2-15(1)7-9-5-10-11(6-12-9)14-8-13-10/h8-9,12H,1-7H2,(H,13,14). The highest BCUT2D eigenvalue weighted by Gasteiger charge is 2.22. The average molecular weight is 222 g/mol. The van der Waals surface area contributed by atoms with Crippen molar-refractivity contribution in [3.63, 3.8) is 0 Å². The minimum absolute atomic E-state index is 0.536. The fourth-order valence-electron chi connectivity index (χ4n) is 2.45. The van der Waals surface area contributed by atoms with Gasteiger partial charge in [-0.15, -0.1) is 0 Å². The molecule has 5 heteroatoms. The van der Waals surface area contributed by atoms with E-state index >= 15 is 0 Å². The summed E-state index contributed by atoms with van der Waals surface area (Å²) in [6.07, 6.45) is 2.83. The van der Waals surface area contributed by atoms with E-state index in [1.807, 2.05) is 0 Å². The first kappa shape index (κ1) is 10.3. The molecular formula is C11H18N4O. The van der Waals surface area contributed by atoms with Gasteiger partial charge in [0.25, 0.3) is 0 Å². The van der Waals surface area contributed by atoms with Crippen LogP contribution in [0.5, 0.6) is 0 Å². The van der Waals surface area contributed by atoms with Gasteiger partial charge in [0.1, 0.15) is 0 Å². The third-order valence-corrected chi connectivity index (χ3v) is 3.40. The van der Waals surface area contributed by atoms with E-state index < -0.39 is 0 Å². The van der Waals surface area contributed by atoms with Crippen molar-refractivity contribution >= 4 is 0 Å². The zero-order valence-electron chi connectivity index (χ0n) is 9.41. The van der Waals surface area contributed by atoms with Gasteiger partial charge in [0.05, 0.1) is 30.9 Å². The van der Waals surface area contributed by atoms with E-state index in [9.17, 15) is 0 Å². The van der Waals surface area contributed by atoms with Crippen LogP contribution in [0, 0.1) is 0 Å². The fraction of sp³-hybridized carbons (Fsp3) is 0.727. The molecule has 0 spiro atoms. The summed E-state index contributed by atoms with van der Waals surface area (Å²) in [5.74, 6) is 0. The van der Waals surface area contributed by atoms with Crippen LogP contribution in [-0.4, -0.2) is 53.8 Å². The van der Waals surface area contributed by atoms with Crippen molar-refractivity contribution in [1.82, 2.24) is 20.2 Å². The second kappa shape index (κ2) is 4.53. The number of nitrogens with zero attached hydrogens (tertiary/aromatic N) is 2. The van der Waals surface area contributed by atoms with Crippen LogP contribution >= 0.6 is 0 Å². The van der Waals surface area contributed by atoms with E-state index in [-0.39, 0.29) is 0 Å². The Balaban J connectivity index is 1.57. The van der Waals surface area contributed by atoms with E-state index in [4.69, 9.17) is 4.74 Å². The Morgan fingerprint density at radius 2 is 2.31 bits per heavy atom. The predicted octanol–water partition coefficient (Wildman–Crippen LogP) is -0.244. The number of rotatable bonds is 2. The molecule has 16 heavy (non-hydrogen) atoms. The second-order valence-electron chi connectivity index (χ2n) is 4.52. The zero-order chi connectivity index (χ0) is 10.8. The van der Waals surface area contributed by atoms with Gasteiger partial charge in [-0.25, -0.2) is 4.98 Å². The quantitative estimate of drug-likeness (QED) is 0.725. The molecule has 1 atom stereocenters. The lowest BCUT2D eigenvalue weighted by Gasteiger charge is -2.32. The third-order valence-electron chi connectivity index (χ3n) is 3.40. The molecule has 1 aromatic rings. The molecule has 2 aliphatic heterocycles. The molecule has 0 aromatic carbocycles. The molecule has 3 heterocycles. The lowest BCUT2D eigenvalue weighted by atomic mass is 10.0. The first-order valence-corrected chi connectivity index (χ1v) is 5.96. The number of nitrogens with one attached hydrogen (secondary N) is 2. The highest BCUT2D eigenvalue weighted by Crippen LogP contribution is 2.13. The number of fused-ring (bicyclic) bond motifs is 1.